The number of hydrogen-bond donors (Lipinski definition) is 0. The molecule has 0 saturated heterocycles. The molecular formula is C16H16ClNOS. The van der Waals surface area contributed by atoms with Gasteiger partial charge in [0.2, 0.25) is 5.91 Å². The monoisotopic (exact) mass is 305 g/mol. The number of aryl methyl sites for hydroxylation is 2. The second kappa shape index (κ2) is 5.23. The van der Waals surface area contributed by atoms with Gasteiger partial charge in [0.1, 0.15) is 0 Å². The first-order valence-corrected chi connectivity index (χ1v) is 7.91. The molecule has 0 fully saturated rings. The van der Waals surface area contributed by atoms with Gasteiger partial charge in [-0.15, -0.1) is 22.9 Å². The van der Waals surface area contributed by atoms with Gasteiger partial charge >= 0.3 is 0 Å². The lowest BCUT2D eigenvalue weighted by atomic mass is 9.97. The zero-order valence-corrected chi connectivity index (χ0v) is 13.1. The van der Waals surface area contributed by atoms with Crippen LogP contribution in [0.1, 0.15) is 32.7 Å². The third kappa shape index (κ3) is 2.36. The quantitative estimate of drug-likeness (QED) is 0.758. The molecule has 1 aliphatic rings. The summed E-state index contributed by atoms with van der Waals surface area (Å²) < 4.78 is 0. The average Bonchev–Trinajstić information content (AvgIpc) is 2.88. The van der Waals surface area contributed by atoms with E-state index in [9.17, 15) is 4.79 Å². The van der Waals surface area contributed by atoms with E-state index in [4.69, 9.17) is 11.6 Å². The fourth-order valence-corrected chi connectivity index (χ4v) is 3.81. The van der Waals surface area contributed by atoms with Crippen LogP contribution in [0.4, 0.5) is 5.69 Å². The molecule has 2 aromatic rings. The van der Waals surface area contributed by atoms with Crippen LogP contribution in [0.15, 0.2) is 30.3 Å². The van der Waals surface area contributed by atoms with E-state index in [2.05, 4.69) is 25.1 Å². The van der Waals surface area contributed by atoms with Crippen molar-refractivity contribution in [1.82, 2.24) is 0 Å². The van der Waals surface area contributed by atoms with E-state index >= 15 is 0 Å². The molecular weight excluding hydrogens is 290 g/mol. The summed E-state index contributed by atoms with van der Waals surface area (Å²) in [7, 11) is 1.83. The number of carbonyl (C=O) groups excluding carboxylic acids is 1. The molecule has 0 aliphatic carbocycles. The fraction of sp³-hybridized carbons (Fsp3) is 0.312. The maximum absolute atomic E-state index is 11.7. The van der Waals surface area contributed by atoms with Crippen LogP contribution in [0, 0.1) is 6.92 Å². The number of fused-ring (bicyclic) bond motifs is 1. The smallest absolute Gasteiger partial charge is 0.227 e. The molecule has 1 aromatic heterocycles. The van der Waals surface area contributed by atoms with Crippen LogP contribution in [-0.2, 0) is 11.2 Å². The van der Waals surface area contributed by atoms with Crippen molar-refractivity contribution in [3.8, 4) is 0 Å². The number of thiophene rings is 1. The number of hydrogen-bond acceptors (Lipinski definition) is 2. The van der Waals surface area contributed by atoms with Gasteiger partial charge in [-0.25, -0.2) is 0 Å². The highest BCUT2D eigenvalue weighted by Crippen LogP contribution is 2.36. The third-order valence-electron chi connectivity index (χ3n) is 3.75. The topological polar surface area (TPSA) is 20.3 Å². The number of amides is 1. The van der Waals surface area contributed by atoms with Crippen molar-refractivity contribution < 1.29 is 4.79 Å². The van der Waals surface area contributed by atoms with Crippen molar-refractivity contribution in [3.05, 3.63) is 51.2 Å². The van der Waals surface area contributed by atoms with Gasteiger partial charge in [0.15, 0.2) is 0 Å². The molecule has 20 heavy (non-hydrogen) atoms. The first kappa shape index (κ1) is 13.7. The van der Waals surface area contributed by atoms with Gasteiger partial charge in [0, 0.05) is 28.9 Å². The summed E-state index contributed by atoms with van der Waals surface area (Å²) in [5.41, 5.74) is 3.33. The maximum atomic E-state index is 11.7. The van der Waals surface area contributed by atoms with Crippen LogP contribution >= 0.6 is 22.9 Å². The van der Waals surface area contributed by atoms with Crippen molar-refractivity contribution in [2.75, 3.05) is 11.9 Å². The van der Waals surface area contributed by atoms with E-state index in [0.29, 0.717) is 6.42 Å². The molecule has 1 amide bonds. The van der Waals surface area contributed by atoms with Gasteiger partial charge in [0.05, 0.1) is 5.38 Å². The van der Waals surface area contributed by atoms with Crippen LogP contribution in [0.3, 0.4) is 0 Å². The second-order valence-electron chi connectivity index (χ2n) is 5.15. The Morgan fingerprint density at radius 3 is 2.75 bits per heavy atom. The van der Waals surface area contributed by atoms with Gasteiger partial charge < -0.3 is 4.90 Å². The lowest BCUT2D eigenvalue weighted by molar-refractivity contribution is -0.118. The Labute approximate surface area is 128 Å². The minimum absolute atomic E-state index is 0.109. The summed E-state index contributed by atoms with van der Waals surface area (Å²) >= 11 is 8.31. The van der Waals surface area contributed by atoms with Gasteiger partial charge in [0.25, 0.3) is 0 Å². The van der Waals surface area contributed by atoms with Crippen LogP contribution in [-0.4, -0.2) is 13.0 Å². The zero-order valence-electron chi connectivity index (χ0n) is 11.5. The molecule has 1 aliphatic heterocycles. The summed E-state index contributed by atoms with van der Waals surface area (Å²) in [6.45, 7) is 2.09. The first-order chi connectivity index (χ1) is 9.56. The minimum Gasteiger partial charge on any atom is -0.315 e. The number of halogens is 1. The number of carbonyl (C=O) groups is 1. The van der Waals surface area contributed by atoms with Crippen molar-refractivity contribution in [2.45, 2.75) is 25.1 Å². The number of nitrogens with zero attached hydrogens (tertiary/aromatic N) is 1. The highest BCUT2D eigenvalue weighted by Gasteiger charge is 2.22. The Balaban J connectivity index is 1.95. The molecule has 0 bridgehead atoms. The van der Waals surface area contributed by atoms with E-state index < -0.39 is 0 Å². The summed E-state index contributed by atoms with van der Waals surface area (Å²) in [5.74, 6) is 0.182. The molecule has 0 saturated carbocycles. The minimum atomic E-state index is -0.109. The maximum Gasteiger partial charge on any atom is 0.227 e. The molecule has 1 aromatic carbocycles. The third-order valence-corrected chi connectivity index (χ3v) is 5.43. The number of benzene rings is 1. The number of anilines is 1. The molecule has 0 radical (unpaired) electrons. The molecule has 0 spiro atoms. The number of rotatable bonds is 2. The van der Waals surface area contributed by atoms with Crippen molar-refractivity contribution in [3.63, 3.8) is 0 Å². The van der Waals surface area contributed by atoms with E-state index in [1.165, 1.54) is 15.3 Å². The Morgan fingerprint density at radius 1 is 1.25 bits per heavy atom. The van der Waals surface area contributed by atoms with Gasteiger partial charge in [-0.05, 0) is 42.7 Å². The predicted octanol–water partition coefficient (Wildman–Crippen LogP) is 4.29. The Bertz CT molecular complexity index is 664. The molecule has 4 heteroatoms. The van der Waals surface area contributed by atoms with E-state index in [0.717, 1.165) is 17.7 Å². The SMILES string of the molecule is Cc1ccc(C(Cl)c2ccc3c(c2)CCC(=O)N3C)s1. The second-order valence-corrected chi connectivity index (χ2v) is 6.91. The Morgan fingerprint density at radius 2 is 2.05 bits per heavy atom. The van der Waals surface area contributed by atoms with Crippen LogP contribution in [0.5, 0.6) is 0 Å². The van der Waals surface area contributed by atoms with Crippen LogP contribution < -0.4 is 4.90 Å². The summed E-state index contributed by atoms with van der Waals surface area (Å²) in [4.78, 5) is 15.9. The molecule has 104 valence electrons. The molecule has 1 atom stereocenters. The lowest BCUT2D eigenvalue weighted by Gasteiger charge is -2.26. The van der Waals surface area contributed by atoms with Gasteiger partial charge in [-0.1, -0.05) is 12.1 Å². The Kier molecular flexibility index (Phi) is 3.57. The first-order valence-electron chi connectivity index (χ1n) is 6.66. The lowest BCUT2D eigenvalue weighted by Crippen LogP contribution is -2.31. The molecule has 2 nitrogen and oxygen atoms in total. The molecule has 0 N–H and O–H groups in total. The summed E-state index contributed by atoms with van der Waals surface area (Å²) in [5, 5.41) is -0.109. The summed E-state index contributed by atoms with van der Waals surface area (Å²) in [6, 6.07) is 10.4. The van der Waals surface area contributed by atoms with Gasteiger partial charge in [-0.3, -0.25) is 4.79 Å². The normalized spacial score (nSPS) is 16.1. The van der Waals surface area contributed by atoms with Crippen molar-refractivity contribution in [1.29, 1.82) is 0 Å². The van der Waals surface area contributed by atoms with Gasteiger partial charge in [-0.2, -0.15) is 0 Å². The largest absolute Gasteiger partial charge is 0.315 e. The molecule has 3 rings (SSSR count). The van der Waals surface area contributed by atoms with Crippen LogP contribution in [0.25, 0.3) is 0 Å². The average molecular weight is 306 g/mol. The standard InChI is InChI=1S/C16H16ClNOS/c1-10-3-7-14(20-10)16(17)12-4-6-13-11(9-12)5-8-15(19)18(13)2/h3-4,6-7,9,16H,5,8H2,1-2H3. The van der Waals surface area contributed by atoms with Crippen LogP contribution in [0.2, 0.25) is 0 Å². The molecule has 2 heterocycles. The predicted molar refractivity (Wildman–Crippen MR) is 84.9 cm³/mol. The Hall–Kier alpha value is -1.32. The number of alkyl halides is 1. The van der Waals surface area contributed by atoms with Crippen molar-refractivity contribution >= 4 is 34.5 Å². The van der Waals surface area contributed by atoms with E-state index in [-0.39, 0.29) is 11.3 Å². The molecule has 1 unspecified atom stereocenters. The van der Waals surface area contributed by atoms with Crippen molar-refractivity contribution in [2.24, 2.45) is 0 Å². The highest BCUT2D eigenvalue weighted by atomic mass is 35.5. The highest BCUT2D eigenvalue weighted by molar-refractivity contribution is 7.12. The van der Waals surface area contributed by atoms with E-state index in [1.807, 2.05) is 19.2 Å². The zero-order chi connectivity index (χ0) is 14.3. The fourth-order valence-electron chi connectivity index (χ4n) is 2.59. The van der Waals surface area contributed by atoms with E-state index in [1.54, 1.807) is 16.2 Å². The summed E-state index contributed by atoms with van der Waals surface area (Å²) in [6.07, 6.45) is 1.39.